The number of aliphatic hydroxyl groups excluding tert-OH is 1. The maximum Gasteiger partial charge on any atom is 0.237 e. The van der Waals surface area contributed by atoms with Gasteiger partial charge in [0.05, 0.1) is 26.4 Å². The van der Waals surface area contributed by atoms with Crippen LogP contribution in [0.15, 0.2) is 24.3 Å². The minimum Gasteiger partial charge on any atom is -0.494 e. The molecule has 1 heterocycles. The summed E-state index contributed by atoms with van der Waals surface area (Å²) in [6.07, 6.45) is 0. The van der Waals surface area contributed by atoms with E-state index in [1.807, 2.05) is 6.92 Å². The van der Waals surface area contributed by atoms with E-state index in [1.54, 1.807) is 24.3 Å². The van der Waals surface area contributed by atoms with Crippen LogP contribution >= 0.6 is 0 Å². The van der Waals surface area contributed by atoms with Crippen molar-refractivity contribution in [2.75, 3.05) is 31.7 Å². The van der Waals surface area contributed by atoms with E-state index in [0.29, 0.717) is 12.3 Å². The van der Waals surface area contributed by atoms with Gasteiger partial charge in [0.1, 0.15) is 11.2 Å². The van der Waals surface area contributed by atoms with Crippen molar-refractivity contribution in [3.8, 4) is 5.75 Å². The van der Waals surface area contributed by atoms with E-state index in [9.17, 15) is 9.90 Å². The number of rotatable bonds is 5. The van der Waals surface area contributed by atoms with Gasteiger partial charge >= 0.3 is 0 Å². The minimum atomic E-state index is -0.779. The molecule has 0 aliphatic carbocycles. The van der Waals surface area contributed by atoms with Gasteiger partial charge in [0.25, 0.3) is 0 Å². The predicted molar refractivity (Wildman–Crippen MR) is 66.6 cm³/mol. The molecule has 2 N–H and O–H groups in total. The van der Waals surface area contributed by atoms with E-state index >= 15 is 0 Å². The molecule has 0 saturated carbocycles. The fourth-order valence-electron chi connectivity index (χ4n) is 1.71. The molecule has 0 radical (unpaired) electrons. The maximum atomic E-state index is 12.0. The molecule has 0 spiro atoms. The first-order valence-corrected chi connectivity index (χ1v) is 5.93. The van der Waals surface area contributed by atoms with Crippen molar-refractivity contribution in [1.82, 2.24) is 0 Å². The molecule has 5 heteroatoms. The zero-order chi connectivity index (χ0) is 13.0. The number of anilines is 1. The highest BCUT2D eigenvalue weighted by Crippen LogP contribution is 2.28. The Morgan fingerprint density at radius 1 is 1.44 bits per heavy atom. The average molecular weight is 251 g/mol. The number of nitrogens with one attached hydrogen (secondary N) is 1. The lowest BCUT2D eigenvalue weighted by atomic mass is 9.86. The molecule has 1 aromatic carbocycles. The van der Waals surface area contributed by atoms with Crippen LogP contribution in [0.25, 0.3) is 0 Å². The molecular formula is C13H17NO4. The molecule has 1 aliphatic heterocycles. The second-order valence-corrected chi connectivity index (χ2v) is 4.34. The number of ether oxygens (including phenoxy) is 2. The third-order valence-electron chi connectivity index (χ3n) is 2.96. The highest BCUT2D eigenvalue weighted by molar-refractivity contribution is 5.96. The lowest BCUT2D eigenvalue weighted by Crippen LogP contribution is -2.54. The highest BCUT2D eigenvalue weighted by Gasteiger charge is 2.45. The molecule has 1 saturated heterocycles. The lowest BCUT2D eigenvalue weighted by Gasteiger charge is -2.37. The molecule has 1 amide bonds. The summed E-state index contributed by atoms with van der Waals surface area (Å²) in [6, 6.07) is 7.13. The Morgan fingerprint density at radius 2 is 2.11 bits per heavy atom. The van der Waals surface area contributed by atoms with Gasteiger partial charge in [-0.25, -0.2) is 0 Å². The van der Waals surface area contributed by atoms with E-state index in [1.165, 1.54) is 0 Å². The molecule has 0 aromatic heterocycles. The molecule has 1 aliphatic rings. The van der Waals surface area contributed by atoms with Crippen LogP contribution < -0.4 is 10.1 Å². The van der Waals surface area contributed by atoms with Gasteiger partial charge in [-0.05, 0) is 31.2 Å². The summed E-state index contributed by atoms with van der Waals surface area (Å²) < 4.78 is 10.3. The van der Waals surface area contributed by atoms with Crippen LogP contribution in [0, 0.1) is 5.41 Å². The standard InChI is InChI=1S/C13H17NO4/c1-2-18-11-5-3-10(4-6-11)14-12(16)13(7-15)8-17-9-13/h3-6,15H,2,7-9H2,1H3,(H,14,16). The topological polar surface area (TPSA) is 67.8 Å². The van der Waals surface area contributed by atoms with Crippen LogP contribution in [0.1, 0.15) is 6.92 Å². The van der Waals surface area contributed by atoms with Gasteiger partial charge in [-0.2, -0.15) is 0 Å². The quantitative estimate of drug-likeness (QED) is 0.820. The van der Waals surface area contributed by atoms with Crippen molar-refractivity contribution in [1.29, 1.82) is 0 Å². The van der Waals surface area contributed by atoms with Crippen LogP contribution in [0.4, 0.5) is 5.69 Å². The van der Waals surface area contributed by atoms with E-state index in [2.05, 4.69) is 5.32 Å². The van der Waals surface area contributed by atoms with Crippen molar-refractivity contribution >= 4 is 11.6 Å². The lowest BCUT2D eigenvalue weighted by molar-refractivity contribution is -0.164. The number of aliphatic hydroxyl groups is 1. The van der Waals surface area contributed by atoms with Crippen LogP contribution in [0.2, 0.25) is 0 Å². The third-order valence-corrected chi connectivity index (χ3v) is 2.96. The van der Waals surface area contributed by atoms with Crippen LogP contribution in [-0.4, -0.2) is 37.4 Å². The van der Waals surface area contributed by atoms with Crippen molar-refractivity contribution in [2.24, 2.45) is 5.41 Å². The predicted octanol–water partition coefficient (Wildman–Crippen LogP) is 1.03. The second kappa shape index (κ2) is 5.37. The molecule has 0 atom stereocenters. The van der Waals surface area contributed by atoms with Crippen LogP contribution in [0.3, 0.4) is 0 Å². The Kier molecular flexibility index (Phi) is 3.84. The average Bonchev–Trinajstić information content (AvgIpc) is 2.31. The Hall–Kier alpha value is -1.59. The molecule has 1 fully saturated rings. The van der Waals surface area contributed by atoms with E-state index in [4.69, 9.17) is 9.47 Å². The number of hydrogen-bond acceptors (Lipinski definition) is 4. The zero-order valence-corrected chi connectivity index (χ0v) is 10.3. The molecule has 0 bridgehead atoms. The number of carbonyl (C=O) groups is 1. The first-order valence-electron chi connectivity index (χ1n) is 5.93. The van der Waals surface area contributed by atoms with Gasteiger partial charge in [-0.15, -0.1) is 0 Å². The fourth-order valence-corrected chi connectivity index (χ4v) is 1.71. The maximum absolute atomic E-state index is 12.0. The minimum absolute atomic E-state index is 0.199. The van der Waals surface area contributed by atoms with Gasteiger partial charge in [0.2, 0.25) is 5.91 Å². The molecule has 98 valence electrons. The SMILES string of the molecule is CCOc1ccc(NC(=O)C2(CO)COC2)cc1. The number of carbonyl (C=O) groups excluding carboxylic acids is 1. The van der Waals surface area contributed by atoms with Crippen molar-refractivity contribution in [2.45, 2.75) is 6.92 Å². The summed E-state index contributed by atoms with van der Waals surface area (Å²) in [4.78, 5) is 12.0. The normalized spacial score (nSPS) is 16.8. The molecule has 1 aromatic rings. The smallest absolute Gasteiger partial charge is 0.237 e. The molecule has 2 rings (SSSR count). The summed E-state index contributed by atoms with van der Waals surface area (Å²) in [5.41, 5.74) is -0.0957. The van der Waals surface area contributed by atoms with Gasteiger partial charge in [0.15, 0.2) is 0 Å². The highest BCUT2D eigenvalue weighted by atomic mass is 16.5. The van der Waals surface area contributed by atoms with Crippen LogP contribution in [-0.2, 0) is 9.53 Å². The summed E-state index contributed by atoms with van der Waals surface area (Å²) >= 11 is 0. The van der Waals surface area contributed by atoms with Gasteiger partial charge in [-0.1, -0.05) is 0 Å². The Morgan fingerprint density at radius 3 is 2.56 bits per heavy atom. The fraction of sp³-hybridized carbons (Fsp3) is 0.462. The molecule has 18 heavy (non-hydrogen) atoms. The van der Waals surface area contributed by atoms with Crippen molar-refractivity contribution in [3.63, 3.8) is 0 Å². The first-order chi connectivity index (χ1) is 8.70. The Labute approximate surface area is 106 Å². The third kappa shape index (κ3) is 2.47. The van der Waals surface area contributed by atoms with E-state index < -0.39 is 5.41 Å². The second-order valence-electron chi connectivity index (χ2n) is 4.34. The number of hydrogen-bond donors (Lipinski definition) is 2. The Balaban J connectivity index is 1.98. The van der Waals surface area contributed by atoms with Gasteiger partial charge in [-0.3, -0.25) is 4.79 Å². The van der Waals surface area contributed by atoms with Gasteiger partial charge < -0.3 is 19.9 Å². The molecular weight excluding hydrogens is 234 g/mol. The number of benzene rings is 1. The van der Waals surface area contributed by atoms with Crippen LogP contribution in [0.5, 0.6) is 5.75 Å². The summed E-state index contributed by atoms with van der Waals surface area (Å²) in [5.74, 6) is 0.555. The van der Waals surface area contributed by atoms with Gasteiger partial charge in [0, 0.05) is 5.69 Å². The summed E-state index contributed by atoms with van der Waals surface area (Å²) in [5, 5.41) is 12.0. The summed E-state index contributed by atoms with van der Waals surface area (Å²) in [7, 11) is 0. The largest absolute Gasteiger partial charge is 0.494 e. The van der Waals surface area contributed by atoms with Crippen molar-refractivity contribution < 1.29 is 19.4 Å². The molecule has 5 nitrogen and oxygen atoms in total. The number of amides is 1. The zero-order valence-electron chi connectivity index (χ0n) is 10.3. The Bertz CT molecular complexity index is 406. The molecule has 0 unspecified atom stereocenters. The first kappa shape index (κ1) is 12.9. The monoisotopic (exact) mass is 251 g/mol. The van der Waals surface area contributed by atoms with E-state index in [0.717, 1.165) is 5.75 Å². The van der Waals surface area contributed by atoms with Crippen molar-refractivity contribution in [3.05, 3.63) is 24.3 Å². The summed E-state index contributed by atoms with van der Waals surface area (Å²) in [6.45, 7) is 2.86. The van der Waals surface area contributed by atoms with E-state index in [-0.39, 0.29) is 25.7 Å².